The first-order valence-electron chi connectivity index (χ1n) is 5.08. The monoisotopic (exact) mass is 265 g/mol. The van der Waals surface area contributed by atoms with E-state index in [-0.39, 0.29) is 5.57 Å². The van der Waals surface area contributed by atoms with Crippen molar-refractivity contribution in [3.63, 3.8) is 0 Å². The molecule has 2 N–H and O–H groups in total. The molecular weight excluding hydrogens is 246 g/mol. The number of carbonyl (C=O) groups is 2. The summed E-state index contributed by atoms with van der Waals surface area (Å²) in [4.78, 5) is 21.8. The van der Waals surface area contributed by atoms with Crippen molar-refractivity contribution in [2.45, 2.75) is 25.1 Å². The standard InChI is InChI=1S/C7H14ClNO2.C4H6O2/c1-9(2)5-3-4-6(8)7(10)11;1-3(2)4(5)6/h6H,3-5H2,1-2H3,(H,10,11);1H2,2H3,(H,5,6). The maximum Gasteiger partial charge on any atom is 0.330 e. The Hall–Kier alpha value is -1.07. The summed E-state index contributed by atoms with van der Waals surface area (Å²) in [5.74, 6) is -1.86. The molecule has 0 aliphatic heterocycles. The SMILES string of the molecule is C=C(C)C(=O)O.CN(C)CCCC(Cl)C(=O)O. The molecule has 0 aromatic heterocycles. The first-order valence-corrected chi connectivity index (χ1v) is 5.52. The van der Waals surface area contributed by atoms with E-state index in [0.29, 0.717) is 6.42 Å². The molecule has 0 saturated heterocycles. The molecule has 0 spiro atoms. The van der Waals surface area contributed by atoms with Crippen LogP contribution in [0.4, 0.5) is 0 Å². The second-order valence-corrected chi connectivity index (χ2v) is 4.36. The summed E-state index contributed by atoms with van der Waals surface area (Å²) in [7, 11) is 3.90. The Kier molecular flexibility index (Phi) is 10.9. The van der Waals surface area contributed by atoms with Gasteiger partial charge in [0.15, 0.2) is 0 Å². The highest BCUT2D eigenvalue weighted by Gasteiger charge is 2.12. The van der Waals surface area contributed by atoms with Crippen LogP contribution in [0.3, 0.4) is 0 Å². The van der Waals surface area contributed by atoms with Crippen molar-refractivity contribution in [2.24, 2.45) is 0 Å². The molecule has 0 amide bonds. The number of halogens is 1. The zero-order valence-electron chi connectivity index (χ0n) is 10.4. The Balaban J connectivity index is 0. The summed E-state index contributed by atoms with van der Waals surface area (Å²) in [5.41, 5.74) is 0.176. The predicted octanol–water partition coefficient (Wildman–Crippen LogP) is 1.67. The van der Waals surface area contributed by atoms with Gasteiger partial charge in [-0.2, -0.15) is 0 Å². The number of alkyl halides is 1. The third kappa shape index (κ3) is 14.9. The van der Waals surface area contributed by atoms with Crippen molar-refractivity contribution in [3.05, 3.63) is 12.2 Å². The van der Waals surface area contributed by atoms with Gasteiger partial charge >= 0.3 is 11.9 Å². The topological polar surface area (TPSA) is 77.8 Å². The normalized spacial score (nSPS) is 11.4. The van der Waals surface area contributed by atoms with Gasteiger partial charge in [0.05, 0.1) is 0 Å². The van der Waals surface area contributed by atoms with E-state index in [0.717, 1.165) is 13.0 Å². The molecule has 100 valence electrons. The van der Waals surface area contributed by atoms with Gasteiger partial charge in [0.25, 0.3) is 0 Å². The van der Waals surface area contributed by atoms with Gasteiger partial charge in [-0.1, -0.05) is 6.58 Å². The average Bonchev–Trinajstić information content (AvgIpc) is 2.17. The van der Waals surface area contributed by atoms with Gasteiger partial charge in [-0.15, -0.1) is 11.6 Å². The van der Waals surface area contributed by atoms with E-state index < -0.39 is 17.3 Å². The lowest BCUT2D eigenvalue weighted by Crippen LogP contribution is -2.18. The van der Waals surface area contributed by atoms with Gasteiger partial charge in [-0.05, 0) is 40.4 Å². The molecular formula is C11H20ClNO4. The Morgan fingerprint density at radius 2 is 1.76 bits per heavy atom. The second kappa shape index (κ2) is 10.1. The lowest BCUT2D eigenvalue weighted by Gasteiger charge is -2.09. The van der Waals surface area contributed by atoms with E-state index in [1.165, 1.54) is 6.92 Å². The quantitative estimate of drug-likeness (QED) is 0.564. The Morgan fingerprint density at radius 1 is 1.35 bits per heavy atom. The number of hydrogen-bond acceptors (Lipinski definition) is 3. The van der Waals surface area contributed by atoms with Crippen molar-refractivity contribution in [1.29, 1.82) is 0 Å². The van der Waals surface area contributed by atoms with Crippen LogP contribution in [0.15, 0.2) is 12.2 Å². The van der Waals surface area contributed by atoms with Gasteiger partial charge in [0, 0.05) is 5.57 Å². The Morgan fingerprint density at radius 3 is 2.00 bits per heavy atom. The first kappa shape index (κ1) is 18.3. The highest BCUT2D eigenvalue weighted by molar-refractivity contribution is 6.29. The van der Waals surface area contributed by atoms with Gasteiger partial charge in [-0.25, -0.2) is 4.79 Å². The summed E-state index contributed by atoms with van der Waals surface area (Å²) in [6, 6.07) is 0. The van der Waals surface area contributed by atoms with Crippen molar-refractivity contribution in [3.8, 4) is 0 Å². The molecule has 0 aliphatic rings. The summed E-state index contributed by atoms with van der Waals surface area (Å²) < 4.78 is 0. The zero-order valence-corrected chi connectivity index (χ0v) is 11.2. The molecule has 0 aliphatic carbocycles. The molecule has 0 bridgehead atoms. The van der Waals surface area contributed by atoms with E-state index in [4.69, 9.17) is 21.8 Å². The largest absolute Gasteiger partial charge is 0.480 e. The maximum absolute atomic E-state index is 10.2. The molecule has 1 atom stereocenters. The number of rotatable bonds is 6. The molecule has 0 radical (unpaired) electrons. The molecule has 5 nitrogen and oxygen atoms in total. The summed E-state index contributed by atoms with van der Waals surface area (Å²) in [6.07, 6.45) is 1.36. The van der Waals surface area contributed by atoms with Crippen molar-refractivity contribution < 1.29 is 19.8 Å². The van der Waals surface area contributed by atoms with Gasteiger partial charge < -0.3 is 15.1 Å². The van der Waals surface area contributed by atoms with Gasteiger partial charge in [-0.3, -0.25) is 4.79 Å². The summed E-state index contributed by atoms with van der Waals surface area (Å²) >= 11 is 5.48. The number of hydrogen-bond donors (Lipinski definition) is 2. The van der Waals surface area contributed by atoms with Crippen LogP contribution in [0.2, 0.25) is 0 Å². The Bertz CT molecular complexity index is 254. The van der Waals surface area contributed by atoms with E-state index in [1.807, 2.05) is 19.0 Å². The zero-order chi connectivity index (χ0) is 14.0. The molecule has 0 rings (SSSR count). The van der Waals surface area contributed by atoms with E-state index in [1.54, 1.807) is 0 Å². The molecule has 0 heterocycles. The van der Waals surface area contributed by atoms with Crippen LogP contribution in [0, 0.1) is 0 Å². The number of nitrogens with zero attached hydrogens (tertiary/aromatic N) is 1. The van der Waals surface area contributed by atoms with Crippen molar-refractivity contribution in [2.75, 3.05) is 20.6 Å². The van der Waals surface area contributed by atoms with E-state index in [2.05, 4.69) is 6.58 Å². The average molecular weight is 266 g/mol. The predicted molar refractivity (Wildman–Crippen MR) is 67.5 cm³/mol. The van der Waals surface area contributed by atoms with Crippen molar-refractivity contribution in [1.82, 2.24) is 4.90 Å². The van der Waals surface area contributed by atoms with Crippen LogP contribution in [0.5, 0.6) is 0 Å². The highest BCUT2D eigenvalue weighted by atomic mass is 35.5. The van der Waals surface area contributed by atoms with Crippen LogP contribution in [-0.4, -0.2) is 53.1 Å². The fourth-order valence-electron chi connectivity index (χ4n) is 0.710. The van der Waals surface area contributed by atoms with Crippen LogP contribution in [-0.2, 0) is 9.59 Å². The van der Waals surface area contributed by atoms with E-state index >= 15 is 0 Å². The van der Waals surface area contributed by atoms with Crippen LogP contribution in [0.1, 0.15) is 19.8 Å². The van der Waals surface area contributed by atoms with Gasteiger partial charge in [0.2, 0.25) is 0 Å². The molecule has 6 heteroatoms. The third-order valence-electron chi connectivity index (χ3n) is 1.70. The lowest BCUT2D eigenvalue weighted by atomic mass is 10.2. The number of aliphatic carboxylic acids is 2. The summed E-state index contributed by atoms with van der Waals surface area (Å²) in [6.45, 7) is 5.49. The fourth-order valence-corrected chi connectivity index (χ4v) is 0.865. The van der Waals surface area contributed by atoms with Crippen molar-refractivity contribution >= 4 is 23.5 Å². The molecule has 1 unspecified atom stereocenters. The van der Waals surface area contributed by atoms with Gasteiger partial charge in [0.1, 0.15) is 5.38 Å². The maximum atomic E-state index is 10.2. The minimum absolute atomic E-state index is 0.176. The fraction of sp³-hybridized carbons (Fsp3) is 0.636. The minimum Gasteiger partial charge on any atom is -0.480 e. The van der Waals surface area contributed by atoms with Crippen LogP contribution < -0.4 is 0 Å². The molecule has 0 aromatic rings. The molecule has 0 fully saturated rings. The smallest absolute Gasteiger partial charge is 0.330 e. The first-order chi connectivity index (χ1) is 7.68. The summed E-state index contributed by atoms with van der Waals surface area (Å²) in [5, 5.41) is 15.6. The van der Waals surface area contributed by atoms with E-state index in [9.17, 15) is 9.59 Å². The Labute approximate surface area is 107 Å². The second-order valence-electron chi connectivity index (χ2n) is 3.84. The van der Waals surface area contributed by atoms with Crippen LogP contribution >= 0.6 is 11.6 Å². The highest BCUT2D eigenvalue weighted by Crippen LogP contribution is 2.05. The molecule has 0 saturated carbocycles. The van der Waals surface area contributed by atoms with Crippen LogP contribution in [0.25, 0.3) is 0 Å². The number of carboxylic acids is 2. The molecule has 17 heavy (non-hydrogen) atoms. The number of carboxylic acid groups (broad SMARTS) is 2. The minimum atomic E-state index is -0.935. The third-order valence-corrected chi connectivity index (χ3v) is 2.10. The molecule has 0 aromatic carbocycles. The lowest BCUT2D eigenvalue weighted by molar-refractivity contribution is -0.136.